The molecule has 36 heavy (non-hydrogen) atoms. The van der Waals surface area contributed by atoms with Crippen LogP contribution in [-0.2, 0) is 4.79 Å². The highest BCUT2D eigenvalue weighted by Crippen LogP contribution is 2.33. The molecule has 3 saturated heterocycles. The monoisotopic (exact) mass is 488 g/mol. The first kappa shape index (κ1) is 25.0. The van der Waals surface area contributed by atoms with Crippen molar-refractivity contribution >= 4 is 11.8 Å². The summed E-state index contributed by atoms with van der Waals surface area (Å²) in [5.41, 5.74) is 4.19. The molecule has 3 unspecified atom stereocenters. The zero-order valence-corrected chi connectivity index (χ0v) is 22.0. The third kappa shape index (κ3) is 5.35. The minimum Gasteiger partial charge on any atom is -0.349 e. The van der Waals surface area contributed by atoms with Crippen LogP contribution >= 0.6 is 0 Å². The van der Waals surface area contributed by atoms with Gasteiger partial charge >= 0.3 is 0 Å². The molecule has 2 amide bonds. The molecule has 3 aliphatic rings. The van der Waals surface area contributed by atoms with Crippen molar-refractivity contribution in [2.75, 3.05) is 52.9 Å². The first-order valence-corrected chi connectivity index (χ1v) is 13.5. The lowest BCUT2D eigenvalue weighted by Crippen LogP contribution is -2.37. The molecule has 3 aliphatic heterocycles. The van der Waals surface area contributed by atoms with Gasteiger partial charge in [0.05, 0.1) is 12.0 Å². The predicted octanol–water partition coefficient (Wildman–Crippen LogP) is 3.51. The summed E-state index contributed by atoms with van der Waals surface area (Å²) in [6, 6.07) is 16.5. The second kappa shape index (κ2) is 10.7. The van der Waals surface area contributed by atoms with Crippen LogP contribution in [0.1, 0.15) is 45.9 Å². The molecule has 4 atom stereocenters. The summed E-state index contributed by atoms with van der Waals surface area (Å²) in [6.45, 7) is 10.6. The second-order valence-electron chi connectivity index (χ2n) is 11.3. The van der Waals surface area contributed by atoms with E-state index in [0.717, 1.165) is 75.3 Å². The van der Waals surface area contributed by atoms with Crippen LogP contribution in [0.3, 0.4) is 0 Å². The number of hydrogen-bond donors (Lipinski definition) is 1. The fourth-order valence-electron chi connectivity index (χ4n) is 6.51. The Morgan fingerprint density at radius 3 is 2.19 bits per heavy atom. The van der Waals surface area contributed by atoms with Crippen LogP contribution in [0.5, 0.6) is 0 Å². The van der Waals surface area contributed by atoms with Crippen LogP contribution in [-0.4, -0.2) is 79.4 Å². The summed E-state index contributed by atoms with van der Waals surface area (Å²) in [6.07, 6.45) is 1.85. The average Bonchev–Trinajstić information content (AvgIpc) is 3.57. The van der Waals surface area contributed by atoms with Crippen LogP contribution in [0, 0.1) is 31.6 Å². The van der Waals surface area contributed by atoms with Crippen LogP contribution < -0.4 is 5.32 Å². The van der Waals surface area contributed by atoms with Crippen LogP contribution in [0.25, 0.3) is 0 Å². The number of carbonyl (C=O) groups excluding carboxylic acids is 2. The van der Waals surface area contributed by atoms with Gasteiger partial charge in [0.1, 0.15) is 0 Å². The highest BCUT2D eigenvalue weighted by atomic mass is 16.2. The highest BCUT2D eigenvalue weighted by Gasteiger charge is 2.42. The minimum absolute atomic E-state index is 0.0344. The maximum absolute atomic E-state index is 13.3. The Balaban J connectivity index is 1.17. The van der Waals surface area contributed by atoms with Crippen molar-refractivity contribution in [3.05, 3.63) is 70.8 Å². The van der Waals surface area contributed by atoms with Crippen molar-refractivity contribution in [3.8, 4) is 0 Å². The standard InChI is InChI=1S/C30H40N4O2/c1-21-8-7-9-22(2)28(21)30(36)34-19-25-17-33(18-26(25)20-34)15-13-27(23-10-5-4-6-11-23)31-29(35)24-12-14-32(3)16-24/h4-11,24-27H,12-20H2,1-3H3,(H,31,35)/t24?,25-,26?,27?/m0/s1. The Hall–Kier alpha value is -2.70. The Morgan fingerprint density at radius 2 is 1.58 bits per heavy atom. The molecule has 0 aromatic heterocycles. The molecule has 0 bridgehead atoms. The maximum Gasteiger partial charge on any atom is 0.254 e. The third-order valence-corrected chi connectivity index (χ3v) is 8.56. The van der Waals surface area contributed by atoms with E-state index in [4.69, 9.17) is 0 Å². The highest BCUT2D eigenvalue weighted by molar-refractivity contribution is 5.97. The quantitative estimate of drug-likeness (QED) is 0.648. The zero-order valence-electron chi connectivity index (χ0n) is 22.0. The molecule has 5 rings (SSSR count). The van der Waals surface area contributed by atoms with E-state index in [9.17, 15) is 9.59 Å². The number of fused-ring (bicyclic) bond motifs is 1. The van der Waals surface area contributed by atoms with E-state index in [-0.39, 0.29) is 23.8 Å². The summed E-state index contributed by atoms with van der Waals surface area (Å²) >= 11 is 0. The van der Waals surface area contributed by atoms with Gasteiger partial charge in [-0.2, -0.15) is 0 Å². The Bertz CT molecular complexity index is 1050. The number of amides is 2. The minimum atomic E-state index is 0.0344. The smallest absolute Gasteiger partial charge is 0.254 e. The van der Waals surface area contributed by atoms with Crippen molar-refractivity contribution in [1.29, 1.82) is 0 Å². The lowest BCUT2D eigenvalue weighted by molar-refractivity contribution is -0.125. The van der Waals surface area contributed by atoms with Crippen molar-refractivity contribution in [1.82, 2.24) is 20.0 Å². The van der Waals surface area contributed by atoms with Crippen molar-refractivity contribution < 1.29 is 9.59 Å². The van der Waals surface area contributed by atoms with Gasteiger partial charge in [-0.05, 0) is 68.8 Å². The molecule has 2 aromatic carbocycles. The molecule has 192 valence electrons. The number of rotatable bonds is 7. The summed E-state index contributed by atoms with van der Waals surface area (Å²) < 4.78 is 0. The van der Waals surface area contributed by atoms with Gasteiger partial charge in [0, 0.05) is 44.8 Å². The normalized spacial score (nSPS) is 25.2. The van der Waals surface area contributed by atoms with E-state index in [1.807, 2.05) is 38.1 Å². The summed E-state index contributed by atoms with van der Waals surface area (Å²) in [7, 11) is 2.09. The number of hydrogen-bond acceptors (Lipinski definition) is 4. The molecule has 2 aromatic rings. The second-order valence-corrected chi connectivity index (χ2v) is 11.3. The molecule has 0 radical (unpaired) electrons. The third-order valence-electron chi connectivity index (χ3n) is 8.56. The topological polar surface area (TPSA) is 55.9 Å². The SMILES string of the molecule is Cc1cccc(C)c1C(=O)N1CC2CN(CCC(NC(=O)C3CCN(C)C3)c3ccccc3)C[C@H]2C1. The molecule has 1 N–H and O–H groups in total. The first-order chi connectivity index (χ1) is 17.4. The van der Waals surface area contributed by atoms with Crippen LogP contribution in [0.4, 0.5) is 0 Å². The van der Waals surface area contributed by atoms with Gasteiger partial charge in [-0.15, -0.1) is 0 Å². The molecular weight excluding hydrogens is 448 g/mol. The molecule has 3 heterocycles. The van der Waals surface area contributed by atoms with E-state index >= 15 is 0 Å². The van der Waals surface area contributed by atoms with E-state index in [2.05, 4.69) is 51.3 Å². The lowest BCUT2D eigenvalue weighted by atomic mass is 10.0. The van der Waals surface area contributed by atoms with Gasteiger partial charge in [0.15, 0.2) is 0 Å². The van der Waals surface area contributed by atoms with E-state index < -0.39 is 0 Å². The van der Waals surface area contributed by atoms with Crippen LogP contribution in [0.2, 0.25) is 0 Å². The van der Waals surface area contributed by atoms with Gasteiger partial charge in [-0.1, -0.05) is 48.5 Å². The predicted molar refractivity (Wildman–Crippen MR) is 143 cm³/mol. The molecule has 0 spiro atoms. The average molecular weight is 489 g/mol. The summed E-state index contributed by atoms with van der Waals surface area (Å²) in [4.78, 5) is 33.1. The zero-order chi connectivity index (χ0) is 25.2. The number of carbonyl (C=O) groups is 2. The van der Waals surface area contributed by atoms with Gasteiger partial charge < -0.3 is 20.0 Å². The molecule has 6 heteroatoms. The maximum atomic E-state index is 13.3. The molecular formula is C30H40N4O2. The summed E-state index contributed by atoms with van der Waals surface area (Å²) in [5, 5.41) is 3.38. The Kier molecular flexibility index (Phi) is 7.44. The number of benzene rings is 2. The largest absolute Gasteiger partial charge is 0.349 e. The van der Waals surface area contributed by atoms with Crippen molar-refractivity contribution in [2.24, 2.45) is 17.8 Å². The number of likely N-dealkylation sites (tertiary alicyclic amines) is 3. The molecule has 6 nitrogen and oxygen atoms in total. The number of nitrogens with one attached hydrogen (secondary N) is 1. The number of aryl methyl sites for hydroxylation is 2. The van der Waals surface area contributed by atoms with Gasteiger partial charge in [0.25, 0.3) is 5.91 Å². The molecule has 0 aliphatic carbocycles. The van der Waals surface area contributed by atoms with Crippen molar-refractivity contribution in [2.45, 2.75) is 32.7 Å². The summed E-state index contributed by atoms with van der Waals surface area (Å²) in [5.74, 6) is 1.55. The first-order valence-electron chi connectivity index (χ1n) is 13.5. The lowest BCUT2D eigenvalue weighted by Gasteiger charge is -2.26. The van der Waals surface area contributed by atoms with Gasteiger partial charge in [0.2, 0.25) is 5.91 Å². The number of nitrogens with zero attached hydrogens (tertiary/aromatic N) is 3. The fraction of sp³-hybridized carbons (Fsp3) is 0.533. The van der Waals surface area contributed by atoms with Gasteiger partial charge in [-0.25, -0.2) is 0 Å². The van der Waals surface area contributed by atoms with E-state index in [1.165, 1.54) is 5.56 Å². The van der Waals surface area contributed by atoms with Crippen molar-refractivity contribution in [3.63, 3.8) is 0 Å². The molecule has 0 saturated carbocycles. The van der Waals surface area contributed by atoms with E-state index in [0.29, 0.717) is 11.8 Å². The fourth-order valence-corrected chi connectivity index (χ4v) is 6.51. The van der Waals surface area contributed by atoms with Crippen LogP contribution in [0.15, 0.2) is 48.5 Å². The molecule has 3 fully saturated rings. The Morgan fingerprint density at radius 1 is 0.917 bits per heavy atom. The van der Waals surface area contributed by atoms with Gasteiger partial charge in [-0.3, -0.25) is 9.59 Å². The van der Waals surface area contributed by atoms with E-state index in [1.54, 1.807) is 0 Å². The Labute approximate surface area is 215 Å².